The van der Waals surface area contributed by atoms with Gasteiger partial charge in [0.15, 0.2) is 0 Å². The lowest BCUT2D eigenvalue weighted by molar-refractivity contribution is 0.102. The molecule has 0 radical (unpaired) electrons. The van der Waals surface area contributed by atoms with E-state index in [4.69, 9.17) is 0 Å². The van der Waals surface area contributed by atoms with Crippen LogP contribution in [0.5, 0.6) is 0 Å². The maximum atomic E-state index is 12.3. The number of carbonyl (C=O) groups is 1. The average molecular weight is 399 g/mol. The molecule has 0 saturated carbocycles. The minimum atomic E-state index is -0.0957. The zero-order valence-corrected chi connectivity index (χ0v) is 13.9. The van der Waals surface area contributed by atoms with Gasteiger partial charge in [0.25, 0.3) is 5.91 Å². The third-order valence-corrected chi connectivity index (χ3v) is 4.01. The minimum absolute atomic E-state index is 0.0957. The van der Waals surface area contributed by atoms with Crippen molar-refractivity contribution in [2.45, 2.75) is 0 Å². The van der Waals surface area contributed by atoms with Crippen molar-refractivity contribution in [1.82, 2.24) is 0 Å². The number of amides is 1. The van der Waals surface area contributed by atoms with Gasteiger partial charge in [-0.05, 0) is 64.0 Å². The van der Waals surface area contributed by atoms with Crippen molar-refractivity contribution >= 4 is 34.2 Å². The van der Waals surface area contributed by atoms with Crippen LogP contribution >= 0.6 is 22.6 Å². The molecule has 0 atom stereocenters. The number of rotatable bonds is 3. The number of carbonyl (C=O) groups excluding carboxylic acids is 1. The summed E-state index contributed by atoms with van der Waals surface area (Å²) in [7, 11) is 0. The maximum Gasteiger partial charge on any atom is 0.255 e. The van der Waals surface area contributed by atoms with Crippen LogP contribution in [-0.4, -0.2) is 5.91 Å². The molecule has 3 rings (SSSR count). The normalized spacial score (nSPS) is 10.2. The highest BCUT2D eigenvalue weighted by Crippen LogP contribution is 2.20. The SMILES string of the molecule is O=C(Nc1cccc(I)c1)c1ccc(-c2ccccc2)cc1. The Morgan fingerprint density at radius 3 is 2.14 bits per heavy atom. The number of halogens is 1. The van der Waals surface area contributed by atoms with Gasteiger partial charge in [0, 0.05) is 14.8 Å². The van der Waals surface area contributed by atoms with Crippen molar-refractivity contribution in [1.29, 1.82) is 0 Å². The quantitative estimate of drug-likeness (QED) is 0.602. The fraction of sp³-hybridized carbons (Fsp3) is 0. The van der Waals surface area contributed by atoms with Gasteiger partial charge in [0.2, 0.25) is 0 Å². The fourth-order valence-corrected chi connectivity index (χ4v) is 2.76. The molecule has 3 heteroatoms. The Hall–Kier alpha value is -2.14. The highest BCUT2D eigenvalue weighted by Gasteiger charge is 2.06. The minimum Gasteiger partial charge on any atom is -0.322 e. The second-order valence-electron chi connectivity index (χ2n) is 4.91. The number of nitrogens with one attached hydrogen (secondary N) is 1. The molecular weight excluding hydrogens is 385 g/mol. The van der Waals surface area contributed by atoms with Crippen LogP contribution in [0.1, 0.15) is 10.4 Å². The van der Waals surface area contributed by atoms with Crippen LogP contribution in [0.4, 0.5) is 5.69 Å². The number of benzene rings is 3. The molecule has 0 aliphatic heterocycles. The summed E-state index contributed by atoms with van der Waals surface area (Å²) in [5, 5.41) is 2.91. The van der Waals surface area contributed by atoms with E-state index in [2.05, 4.69) is 40.0 Å². The summed E-state index contributed by atoms with van der Waals surface area (Å²) in [6, 6.07) is 25.5. The predicted molar refractivity (Wildman–Crippen MR) is 99.0 cm³/mol. The Bertz CT molecular complexity index is 782. The fourth-order valence-electron chi connectivity index (χ4n) is 2.21. The van der Waals surface area contributed by atoms with Gasteiger partial charge in [-0.25, -0.2) is 0 Å². The highest BCUT2D eigenvalue weighted by molar-refractivity contribution is 14.1. The highest BCUT2D eigenvalue weighted by atomic mass is 127. The third-order valence-electron chi connectivity index (χ3n) is 3.34. The zero-order chi connectivity index (χ0) is 15.4. The van der Waals surface area contributed by atoms with Gasteiger partial charge < -0.3 is 5.32 Å². The summed E-state index contributed by atoms with van der Waals surface area (Å²) in [6.07, 6.45) is 0. The van der Waals surface area contributed by atoms with Crippen molar-refractivity contribution in [2.75, 3.05) is 5.32 Å². The first-order valence-corrected chi connectivity index (χ1v) is 8.03. The van der Waals surface area contributed by atoms with Gasteiger partial charge in [0.05, 0.1) is 0 Å². The van der Waals surface area contributed by atoms with E-state index >= 15 is 0 Å². The Balaban J connectivity index is 1.76. The van der Waals surface area contributed by atoms with Crippen molar-refractivity contribution < 1.29 is 4.79 Å². The Kier molecular flexibility index (Phi) is 4.53. The van der Waals surface area contributed by atoms with E-state index in [0.29, 0.717) is 5.56 Å². The van der Waals surface area contributed by atoms with Crippen molar-refractivity contribution in [3.63, 3.8) is 0 Å². The molecule has 0 fully saturated rings. The molecule has 0 aromatic heterocycles. The van der Waals surface area contributed by atoms with E-state index in [1.807, 2.05) is 66.7 Å². The third kappa shape index (κ3) is 3.54. The standard InChI is InChI=1S/C19H14INO/c20-17-7-4-8-18(13-17)21-19(22)16-11-9-15(10-12-16)14-5-2-1-3-6-14/h1-13H,(H,21,22). The molecule has 2 nitrogen and oxygen atoms in total. The molecule has 22 heavy (non-hydrogen) atoms. The van der Waals surface area contributed by atoms with Gasteiger partial charge >= 0.3 is 0 Å². The molecule has 108 valence electrons. The lowest BCUT2D eigenvalue weighted by Gasteiger charge is -2.07. The van der Waals surface area contributed by atoms with E-state index < -0.39 is 0 Å². The molecule has 3 aromatic carbocycles. The van der Waals surface area contributed by atoms with E-state index in [9.17, 15) is 4.79 Å². The second-order valence-corrected chi connectivity index (χ2v) is 6.15. The van der Waals surface area contributed by atoms with Crippen molar-refractivity contribution in [2.24, 2.45) is 0 Å². The smallest absolute Gasteiger partial charge is 0.255 e. The number of hydrogen-bond acceptors (Lipinski definition) is 1. The van der Waals surface area contributed by atoms with Gasteiger partial charge in [-0.1, -0.05) is 48.5 Å². The van der Waals surface area contributed by atoms with Crippen molar-refractivity contribution in [3.8, 4) is 11.1 Å². The van der Waals surface area contributed by atoms with Crippen molar-refractivity contribution in [3.05, 3.63) is 88.0 Å². The monoisotopic (exact) mass is 399 g/mol. The molecule has 0 aliphatic carbocycles. The molecule has 1 N–H and O–H groups in total. The van der Waals surface area contributed by atoms with E-state index in [1.165, 1.54) is 0 Å². The summed E-state index contributed by atoms with van der Waals surface area (Å²) in [6.45, 7) is 0. The Labute approximate surface area is 143 Å². The van der Waals surface area contributed by atoms with Gasteiger partial charge in [-0.3, -0.25) is 4.79 Å². The molecule has 1 amide bonds. The lowest BCUT2D eigenvalue weighted by Crippen LogP contribution is -2.11. The lowest BCUT2D eigenvalue weighted by atomic mass is 10.0. The molecule has 0 bridgehead atoms. The summed E-state index contributed by atoms with van der Waals surface area (Å²) in [4.78, 5) is 12.3. The summed E-state index contributed by atoms with van der Waals surface area (Å²) >= 11 is 2.23. The van der Waals surface area contributed by atoms with E-state index in [-0.39, 0.29) is 5.91 Å². The average Bonchev–Trinajstić information content (AvgIpc) is 2.56. The molecule has 0 aliphatic rings. The largest absolute Gasteiger partial charge is 0.322 e. The van der Waals surface area contributed by atoms with Crippen LogP contribution in [0, 0.1) is 3.57 Å². The molecular formula is C19H14INO. The number of anilines is 1. The van der Waals surface area contributed by atoms with Crippen LogP contribution in [0.25, 0.3) is 11.1 Å². The molecule has 0 saturated heterocycles. The van der Waals surface area contributed by atoms with E-state index in [0.717, 1.165) is 20.4 Å². The number of hydrogen-bond donors (Lipinski definition) is 1. The van der Waals surface area contributed by atoms with Crippen LogP contribution in [0.15, 0.2) is 78.9 Å². The molecule has 3 aromatic rings. The zero-order valence-electron chi connectivity index (χ0n) is 11.8. The summed E-state index contributed by atoms with van der Waals surface area (Å²) in [5.41, 5.74) is 3.71. The Morgan fingerprint density at radius 1 is 0.773 bits per heavy atom. The summed E-state index contributed by atoms with van der Waals surface area (Å²) < 4.78 is 1.09. The van der Waals surface area contributed by atoms with Gasteiger partial charge in [-0.15, -0.1) is 0 Å². The van der Waals surface area contributed by atoms with E-state index in [1.54, 1.807) is 0 Å². The van der Waals surface area contributed by atoms with Gasteiger partial charge in [0.1, 0.15) is 0 Å². The Morgan fingerprint density at radius 2 is 1.45 bits per heavy atom. The summed E-state index contributed by atoms with van der Waals surface area (Å²) in [5.74, 6) is -0.0957. The molecule has 0 unspecified atom stereocenters. The first-order valence-electron chi connectivity index (χ1n) is 6.95. The van der Waals surface area contributed by atoms with Gasteiger partial charge in [-0.2, -0.15) is 0 Å². The first-order chi connectivity index (χ1) is 10.7. The van der Waals surface area contributed by atoms with Crippen LogP contribution in [0.2, 0.25) is 0 Å². The molecule has 0 spiro atoms. The van der Waals surface area contributed by atoms with Crippen LogP contribution in [0.3, 0.4) is 0 Å². The maximum absolute atomic E-state index is 12.3. The topological polar surface area (TPSA) is 29.1 Å². The van der Waals surface area contributed by atoms with Crippen LogP contribution in [-0.2, 0) is 0 Å². The first kappa shape index (κ1) is 14.8. The van der Waals surface area contributed by atoms with Crippen LogP contribution < -0.4 is 5.32 Å². The predicted octanol–water partition coefficient (Wildman–Crippen LogP) is 5.21. The second kappa shape index (κ2) is 6.75. The molecule has 0 heterocycles.